The van der Waals surface area contributed by atoms with Crippen LogP contribution in [0.5, 0.6) is 0 Å². The lowest BCUT2D eigenvalue weighted by Crippen LogP contribution is -2.37. The second-order valence-electron chi connectivity index (χ2n) is 4.73. The van der Waals surface area contributed by atoms with Gasteiger partial charge in [0.1, 0.15) is 0 Å². The summed E-state index contributed by atoms with van der Waals surface area (Å²) in [5, 5.41) is 20.6. The molecule has 4 heteroatoms. The summed E-state index contributed by atoms with van der Waals surface area (Å²) in [7, 11) is 0. The molecule has 2 unspecified atom stereocenters. The van der Waals surface area contributed by atoms with Crippen LogP contribution in [0.25, 0.3) is 0 Å². The maximum absolute atomic E-state index is 12.1. The molecule has 3 N–H and O–H groups in total. The first kappa shape index (κ1) is 13.1. The van der Waals surface area contributed by atoms with Crippen LogP contribution in [0.1, 0.15) is 29.9 Å². The molecule has 1 aromatic carbocycles. The van der Waals surface area contributed by atoms with E-state index in [0.717, 1.165) is 24.8 Å². The Kier molecular flexibility index (Phi) is 4.33. The Labute approximate surface area is 107 Å². The lowest BCUT2D eigenvalue weighted by molar-refractivity contribution is -0.123. The monoisotopic (exact) mass is 249 g/mol. The lowest BCUT2D eigenvalue weighted by Gasteiger charge is -2.25. The average Bonchev–Trinajstić information content (AvgIpc) is 2.43. The molecule has 0 spiro atoms. The summed E-state index contributed by atoms with van der Waals surface area (Å²) in [5.74, 6) is -0.185. The predicted octanol–water partition coefficient (Wildman–Crippen LogP) is 0.576. The molecule has 0 fully saturated rings. The summed E-state index contributed by atoms with van der Waals surface area (Å²) in [6.45, 7) is -0.227. The van der Waals surface area contributed by atoms with Gasteiger partial charge in [-0.3, -0.25) is 4.79 Å². The summed E-state index contributed by atoms with van der Waals surface area (Å²) >= 11 is 0. The summed E-state index contributed by atoms with van der Waals surface area (Å²) in [4.78, 5) is 12.1. The topological polar surface area (TPSA) is 69.6 Å². The van der Waals surface area contributed by atoms with Crippen molar-refractivity contribution >= 4 is 5.91 Å². The molecule has 98 valence electrons. The minimum absolute atomic E-state index is 0.0605. The molecular weight excluding hydrogens is 230 g/mol. The van der Waals surface area contributed by atoms with Crippen LogP contribution in [0.2, 0.25) is 0 Å². The molecule has 0 saturated carbocycles. The van der Waals surface area contributed by atoms with E-state index in [-0.39, 0.29) is 25.0 Å². The fraction of sp³-hybridized carbons (Fsp3) is 0.500. The van der Waals surface area contributed by atoms with Crippen LogP contribution in [-0.2, 0) is 11.2 Å². The van der Waals surface area contributed by atoms with Crippen LogP contribution in [0, 0.1) is 0 Å². The van der Waals surface area contributed by atoms with E-state index >= 15 is 0 Å². The zero-order valence-corrected chi connectivity index (χ0v) is 10.3. The van der Waals surface area contributed by atoms with Gasteiger partial charge < -0.3 is 15.5 Å². The number of carbonyl (C=O) groups excluding carboxylic acids is 1. The van der Waals surface area contributed by atoms with Gasteiger partial charge in [0.2, 0.25) is 5.91 Å². The van der Waals surface area contributed by atoms with Crippen molar-refractivity contribution in [2.75, 3.05) is 13.2 Å². The van der Waals surface area contributed by atoms with Crippen molar-refractivity contribution in [1.29, 1.82) is 0 Å². The number of aliphatic hydroxyl groups excluding tert-OH is 2. The highest BCUT2D eigenvalue weighted by Crippen LogP contribution is 2.31. The maximum Gasteiger partial charge on any atom is 0.227 e. The first-order valence-corrected chi connectivity index (χ1v) is 6.37. The highest BCUT2D eigenvalue weighted by atomic mass is 16.3. The predicted molar refractivity (Wildman–Crippen MR) is 68.2 cm³/mol. The number of carbonyl (C=O) groups is 1. The molecule has 0 bridgehead atoms. The fourth-order valence-corrected chi connectivity index (χ4v) is 2.43. The van der Waals surface area contributed by atoms with E-state index in [1.807, 2.05) is 18.2 Å². The van der Waals surface area contributed by atoms with Crippen LogP contribution < -0.4 is 5.32 Å². The van der Waals surface area contributed by atoms with Gasteiger partial charge in [0.15, 0.2) is 0 Å². The van der Waals surface area contributed by atoms with Crippen LogP contribution in [0.3, 0.4) is 0 Å². The molecule has 1 aromatic rings. The molecule has 0 heterocycles. The molecule has 2 rings (SSSR count). The number of rotatable bonds is 4. The third-order valence-corrected chi connectivity index (χ3v) is 3.41. The van der Waals surface area contributed by atoms with Crippen molar-refractivity contribution in [3.8, 4) is 0 Å². The van der Waals surface area contributed by atoms with Crippen molar-refractivity contribution < 1.29 is 15.0 Å². The van der Waals surface area contributed by atoms with Crippen molar-refractivity contribution in [2.24, 2.45) is 0 Å². The molecule has 0 radical (unpaired) electrons. The standard InChI is InChI=1S/C14H19NO3/c16-9-11(17)8-15-14(18)13-7-3-5-10-4-1-2-6-12(10)13/h1-2,4,6,11,13,16-17H,3,5,7-9H2,(H,15,18). The van der Waals surface area contributed by atoms with E-state index in [0.29, 0.717) is 0 Å². The summed E-state index contributed by atoms with van der Waals surface area (Å²) in [6, 6.07) is 8.01. The molecular formula is C14H19NO3. The Morgan fingerprint density at radius 2 is 2.22 bits per heavy atom. The van der Waals surface area contributed by atoms with Gasteiger partial charge in [0.25, 0.3) is 0 Å². The van der Waals surface area contributed by atoms with E-state index in [1.165, 1.54) is 5.56 Å². The van der Waals surface area contributed by atoms with E-state index in [2.05, 4.69) is 11.4 Å². The maximum atomic E-state index is 12.1. The second kappa shape index (κ2) is 5.98. The zero-order chi connectivity index (χ0) is 13.0. The molecule has 0 aromatic heterocycles. The van der Waals surface area contributed by atoms with E-state index < -0.39 is 6.10 Å². The minimum atomic E-state index is -0.882. The summed E-state index contributed by atoms with van der Waals surface area (Å²) in [5.41, 5.74) is 2.34. The summed E-state index contributed by atoms with van der Waals surface area (Å²) in [6.07, 6.45) is 2.00. The molecule has 0 aliphatic heterocycles. The number of amides is 1. The largest absolute Gasteiger partial charge is 0.394 e. The third-order valence-electron chi connectivity index (χ3n) is 3.41. The Hall–Kier alpha value is -1.39. The van der Waals surface area contributed by atoms with Gasteiger partial charge >= 0.3 is 0 Å². The second-order valence-corrected chi connectivity index (χ2v) is 4.73. The molecule has 1 aliphatic rings. The SMILES string of the molecule is O=C(NCC(O)CO)C1CCCc2ccccc21. The van der Waals surface area contributed by atoms with Crippen molar-refractivity contribution in [2.45, 2.75) is 31.3 Å². The minimum Gasteiger partial charge on any atom is -0.394 e. The highest BCUT2D eigenvalue weighted by molar-refractivity contribution is 5.84. The Morgan fingerprint density at radius 1 is 1.44 bits per heavy atom. The Bertz CT molecular complexity index is 419. The van der Waals surface area contributed by atoms with Gasteiger partial charge in [-0.05, 0) is 30.4 Å². The number of benzene rings is 1. The quantitative estimate of drug-likeness (QED) is 0.731. The lowest BCUT2D eigenvalue weighted by atomic mass is 9.82. The first-order chi connectivity index (χ1) is 8.72. The highest BCUT2D eigenvalue weighted by Gasteiger charge is 2.26. The smallest absolute Gasteiger partial charge is 0.227 e. The van der Waals surface area contributed by atoms with Gasteiger partial charge in [0.05, 0.1) is 18.6 Å². The van der Waals surface area contributed by atoms with Gasteiger partial charge in [-0.1, -0.05) is 24.3 Å². The average molecular weight is 249 g/mol. The zero-order valence-electron chi connectivity index (χ0n) is 10.3. The molecule has 0 saturated heterocycles. The third kappa shape index (κ3) is 2.89. The normalized spacial score (nSPS) is 20.0. The number of aryl methyl sites for hydroxylation is 1. The fourth-order valence-electron chi connectivity index (χ4n) is 2.43. The van der Waals surface area contributed by atoms with Gasteiger partial charge in [-0.25, -0.2) is 0 Å². The van der Waals surface area contributed by atoms with Gasteiger partial charge in [-0.15, -0.1) is 0 Å². The Balaban J connectivity index is 2.04. The number of hydrogen-bond acceptors (Lipinski definition) is 3. The van der Waals surface area contributed by atoms with Crippen molar-refractivity contribution in [3.63, 3.8) is 0 Å². The number of hydrogen-bond donors (Lipinski definition) is 3. The molecule has 1 amide bonds. The molecule has 1 aliphatic carbocycles. The number of fused-ring (bicyclic) bond motifs is 1. The van der Waals surface area contributed by atoms with Crippen LogP contribution >= 0.6 is 0 Å². The summed E-state index contributed by atoms with van der Waals surface area (Å²) < 4.78 is 0. The molecule has 2 atom stereocenters. The van der Waals surface area contributed by atoms with E-state index in [9.17, 15) is 9.90 Å². The molecule has 4 nitrogen and oxygen atoms in total. The van der Waals surface area contributed by atoms with Crippen molar-refractivity contribution in [1.82, 2.24) is 5.32 Å². The van der Waals surface area contributed by atoms with E-state index in [4.69, 9.17) is 5.11 Å². The van der Waals surface area contributed by atoms with Crippen LogP contribution in [0.4, 0.5) is 0 Å². The van der Waals surface area contributed by atoms with Crippen LogP contribution in [-0.4, -0.2) is 35.4 Å². The first-order valence-electron chi connectivity index (χ1n) is 6.37. The number of aliphatic hydroxyl groups is 2. The van der Waals surface area contributed by atoms with E-state index in [1.54, 1.807) is 0 Å². The number of nitrogens with one attached hydrogen (secondary N) is 1. The van der Waals surface area contributed by atoms with Crippen LogP contribution in [0.15, 0.2) is 24.3 Å². The van der Waals surface area contributed by atoms with Crippen molar-refractivity contribution in [3.05, 3.63) is 35.4 Å². The Morgan fingerprint density at radius 3 is 3.00 bits per heavy atom. The van der Waals surface area contributed by atoms with Gasteiger partial charge in [-0.2, -0.15) is 0 Å². The molecule has 18 heavy (non-hydrogen) atoms. The van der Waals surface area contributed by atoms with Gasteiger partial charge in [0, 0.05) is 6.54 Å².